The van der Waals surface area contributed by atoms with Gasteiger partial charge in [-0.1, -0.05) is 0 Å². The second-order valence-electron chi connectivity index (χ2n) is 4.60. The summed E-state index contributed by atoms with van der Waals surface area (Å²) < 4.78 is 55.1. The van der Waals surface area contributed by atoms with Crippen LogP contribution in [0.5, 0.6) is 0 Å². The molecule has 4 nitrogen and oxygen atoms in total. The molecular weight excluding hydrogens is 271 g/mol. The van der Waals surface area contributed by atoms with E-state index < -0.39 is 40.3 Å². The van der Waals surface area contributed by atoms with E-state index in [1.54, 1.807) is 0 Å². The molecule has 0 aliphatic heterocycles. The maximum atomic E-state index is 12.7. The standard InChI is InChI=1S/C10H18F3NO3S/c1-5-17-8(15)6-7(10(11,12)13)14-18(16)9(2,3)4/h7,14H,5-6H2,1-4H3/t7-,18?/m0/s1. The Bertz CT molecular complexity index is 312. The smallest absolute Gasteiger partial charge is 0.405 e. The number of halogens is 3. The van der Waals surface area contributed by atoms with Gasteiger partial charge in [-0.05, 0) is 27.7 Å². The summed E-state index contributed by atoms with van der Waals surface area (Å²) in [5, 5.41) is 0. The van der Waals surface area contributed by atoms with Crippen LogP contribution in [0.3, 0.4) is 0 Å². The minimum absolute atomic E-state index is 0.00572. The molecule has 0 aliphatic rings. The highest BCUT2D eigenvalue weighted by molar-refractivity contribution is 7.84. The molecule has 0 fully saturated rings. The molecule has 18 heavy (non-hydrogen) atoms. The number of rotatable bonds is 5. The zero-order valence-electron chi connectivity index (χ0n) is 10.8. The molecule has 1 N–H and O–H groups in total. The Balaban J connectivity index is 4.72. The molecule has 0 spiro atoms. The third-order valence-electron chi connectivity index (χ3n) is 1.88. The predicted octanol–water partition coefficient (Wildman–Crippen LogP) is 1.92. The first kappa shape index (κ1) is 17.4. The van der Waals surface area contributed by atoms with E-state index in [0.29, 0.717) is 0 Å². The van der Waals surface area contributed by atoms with Gasteiger partial charge in [0.2, 0.25) is 0 Å². The Morgan fingerprint density at radius 2 is 1.83 bits per heavy atom. The van der Waals surface area contributed by atoms with Crippen LogP contribution in [0, 0.1) is 0 Å². The van der Waals surface area contributed by atoms with Crippen LogP contribution < -0.4 is 4.72 Å². The van der Waals surface area contributed by atoms with Gasteiger partial charge < -0.3 is 4.74 Å². The third kappa shape index (κ3) is 6.34. The van der Waals surface area contributed by atoms with Crippen molar-refractivity contribution in [2.24, 2.45) is 0 Å². The molecule has 0 radical (unpaired) electrons. The van der Waals surface area contributed by atoms with Gasteiger partial charge in [-0.2, -0.15) is 13.2 Å². The van der Waals surface area contributed by atoms with Gasteiger partial charge in [0, 0.05) is 0 Å². The second-order valence-corrected chi connectivity index (χ2v) is 6.60. The Labute approximate surface area is 107 Å². The van der Waals surface area contributed by atoms with Gasteiger partial charge in [-0.25, -0.2) is 8.93 Å². The zero-order chi connectivity index (χ0) is 14.6. The number of nitrogens with one attached hydrogen (secondary N) is 1. The molecule has 0 amide bonds. The molecule has 8 heteroatoms. The largest absolute Gasteiger partial charge is 0.466 e. The molecule has 0 saturated heterocycles. The topological polar surface area (TPSA) is 55.4 Å². The third-order valence-corrected chi connectivity index (χ3v) is 3.49. The molecule has 0 aliphatic carbocycles. The molecule has 0 aromatic carbocycles. The van der Waals surface area contributed by atoms with Crippen molar-refractivity contribution in [2.75, 3.05) is 6.61 Å². The molecule has 0 bridgehead atoms. The van der Waals surface area contributed by atoms with Gasteiger partial charge in [-0.3, -0.25) is 4.79 Å². The van der Waals surface area contributed by atoms with E-state index in [9.17, 15) is 22.2 Å². The summed E-state index contributed by atoms with van der Waals surface area (Å²) in [4.78, 5) is 11.1. The quantitative estimate of drug-likeness (QED) is 0.787. The number of carbonyl (C=O) groups is 1. The summed E-state index contributed by atoms with van der Waals surface area (Å²) >= 11 is 0. The lowest BCUT2D eigenvalue weighted by molar-refractivity contribution is -0.166. The molecular formula is C10H18F3NO3S. The fraction of sp³-hybridized carbons (Fsp3) is 0.900. The molecule has 1 unspecified atom stereocenters. The monoisotopic (exact) mass is 289 g/mol. The Morgan fingerprint density at radius 1 is 1.33 bits per heavy atom. The van der Waals surface area contributed by atoms with Crippen molar-refractivity contribution < 1.29 is 26.9 Å². The summed E-state index contributed by atoms with van der Waals surface area (Å²) in [6.45, 7) is 6.11. The number of alkyl halides is 3. The van der Waals surface area contributed by atoms with Crippen molar-refractivity contribution in [3.63, 3.8) is 0 Å². The predicted molar refractivity (Wildman–Crippen MR) is 62.1 cm³/mol. The Kier molecular flexibility index (Phi) is 6.28. The summed E-state index contributed by atoms with van der Waals surface area (Å²) in [5.41, 5.74) is 0. The van der Waals surface area contributed by atoms with Crippen LogP contribution >= 0.6 is 0 Å². The zero-order valence-corrected chi connectivity index (χ0v) is 11.6. The van der Waals surface area contributed by atoms with Crippen LogP contribution in [-0.2, 0) is 20.5 Å². The number of ether oxygens (including phenoxy) is 1. The van der Waals surface area contributed by atoms with Gasteiger partial charge in [0.1, 0.15) is 6.04 Å². The van der Waals surface area contributed by atoms with Crippen molar-refractivity contribution in [1.82, 2.24) is 4.72 Å². The number of hydrogen-bond acceptors (Lipinski definition) is 3. The lowest BCUT2D eigenvalue weighted by Crippen LogP contribution is -2.48. The van der Waals surface area contributed by atoms with E-state index in [1.807, 2.05) is 4.72 Å². The van der Waals surface area contributed by atoms with Crippen molar-refractivity contribution >= 4 is 17.0 Å². The van der Waals surface area contributed by atoms with Gasteiger partial charge in [0.15, 0.2) is 0 Å². The molecule has 0 rings (SSSR count). The normalized spacial score (nSPS) is 16.2. The van der Waals surface area contributed by atoms with Gasteiger partial charge in [0.05, 0.1) is 28.8 Å². The Hall–Kier alpha value is -0.630. The summed E-state index contributed by atoms with van der Waals surface area (Å²) in [6.07, 6.45) is -5.55. The van der Waals surface area contributed by atoms with Crippen LogP contribution in [0.15, 0.2) is 0 Å². The Morgan fingerprint density at radius 3 is 2.17 bits per heavy atom. The average Bonchev–Trinajstić information content (AvgIpc) is 2.13. The van der Waals surface area contributed by atoms with Gasteiger partial charge >= 0.3 is 12.1 Å². The number of esters is 1. The first-order chi connectivity index (χ1) is 7.98. The minimum Gasteiger partial charge on any atom is -0.466 e. The second kappa shape index (κ2) is 6.51. The summed E-state index contributed by atoms with van der Waals surface area (Å²) in [5.74, 6) is -0.974. The highest BCUT2D eigenvalue weighted by atomic mass is 32.2. The van der Waals surface area contributed by atoms with E-state index in [-0.39, 0.29) is 6.61 Å². The lowest BCUT2D eigenvalue weighted by atomic mass is 10.2. The summed E-state index contributed by atoms with van der Waals surface area (Å²) in [7, 11) is -1.91. The fourth-order valence-corrected chi connectivity index (χ4v) is 1.75. The first-order valence-electron chi connectivity index (χ1n) is 5.39. The lowest BCUT2D eigenvalue weighted by Gasteiger charge is -2.25. The van der Waals surface area contributed by atoms with Crippen LogP contribution in [0.4, 0.5) is 13.2 Å². The average molecular weight is 289 g/mol. The van der Waals surface area contributed by atoms with E-state index in [0.717, 1.165) is 0 Å². The van der Waals surface area contributed by atoms with Crippen molar-refractivity contribution in [3.8, 4) is 0 Å². The fourth-order valence-electron chi connectivity index (χ4n) is 0.917. The van der Waals surface area contributed by atoms with E-state index in [1.165, 1.54) is 27.7 Å². The highest BCUT2D eigenvalue weighted by Gasteiger charge is 2.43. The molecule has 0 saturated carbocycles. The van der Waals surface area contributed by atoms with Crippen LogP contribution in [0.2, 0.25) is 0 Å². The number of carbonyl (C=O) groups excluding carboxylic acids is 1. The molecule has 0 aromatic rings. The molecule has 0 heterocycles. The van der Waals surface area contributed by atoms with Gasteiger partial charge in [-0.15, -0.1) is 0 Å². The van der Waals surface area contributed by atoms with Crippen molar-refractivity contribution in [3.05, 3.63) is 0 Å². The van der Waals surface area contributed by atoms with E-state index >= 15 is 0 Å². The molecule has 108 valence electrons. The molecule has 0 aromatic heterocycles. The van der Waals surface area contributed by atoms with Crippen LogP contribution in [0.1, 0.15) is 34.1 Å². The van der Waals surface area contributed by atoms with Crippen LogP contribution in [0.25, 0.3) is 0 Å². The number of hydrogen-bond donors (Lipinski definition) is 1. The highest BCUT2D eigenvalue weighted by Crippen LogP contribution is 2.24. The maximum absolute atomic E-state index is 12.7. The van der Waals surface area contributed by atoms with Crippen molar-refractivity contribution in [1.29, 1.82) is 0 Å². The molecule has 2 atom stereocenters. The summed E-state index contributed by atoms with van der Waals surface area (Å²) in [6, 6.07) is -2.17. The SMILES string of the molecule is CCOC(=O)C[C@H](NS(=O)C(C)(C)C)C(F)(F)F. The first-order valence-corrected chi connectivity index (χ1v) is 6.53. The van der Waals surface area contributed by atoms with E-state index in [4.69, 9.17) is 0 Å². The van der Waals surface area contributed by atoms with Crippen molar-refractivity contribution in [2.45, 2.75) is 51.1 Å². The maximum Gasteiger partial charge on any atom is 0.405 e. The minimum atomic E-state index is -4.66. The van der Waals surface area contributed by atoms with Crippen LogP contribution in [-0.4, -0.2) is 33.8 Å². The van der Waals surface area contributed by atoms with E-state index in [2.05, 4.69) is 4.74 Å². The van der Waals surface area contributed by atoms with Gasteiger partial charge in [0.25, 0.3) is 0 Å².